The Morgan fingerprint density at radius 1 is 1.12 bits per heavy atom. The molecule has 1 aromatic heterocycles. The van der Waals surface area contributed by atoms with E-state index in [1.807, 2.05) is 43.4 Å². The van der Waals surface area contributed by atoms with Crippen LogP contribution in [0.5, 0.6) is 0 Å². The summed E-state index contributed by atoms with van der Waals surface area (Å²) in [7, 11) is 0. The average molecular weight is 438 g/mol. The Kier molecular flexibility index (Phi) is 8.28. The fraction of sp³-hybridized carbons (Fsp3) is 0.226. The molecule has 1 nitrogen and oxygen atoms in total. The summed E-state index contributed by atoms with van der Waals surface area (Å²) in [6.07, 6.45) is 15.3. The lowest BCUT2D eigenvalue weighted by atomic mass is 9.92. The lowest BCUT2D eigenvalue weighted by molar-refractivity contribution is 0.489. The zero-order chi connectivity index (χ0) is 23.8. The SMILES string of the molecule is C#CCC(C)CCn1c(C)c(/C(C=C)=C/C=C\C)c(-c2ccccc2)c1-c1ccc(F)cc1. The molecule has 0 saturated carbocycles. The fourth-order valence-electron chi connectivity index (χ4n) is 4.27. The van der Waals surface area contributed by atoms with Crippen molar-refractivity contribution in [1.29, 1.82) is 0 Å². The molecule has 1 unspecified atom stereocenters. The van der Waals surface area contributed by atoms with Crippen LogP contribution < -0.4 is 0 Å². The molecule has 0 bridgehead atoms. The van der Waals surface area contributed by atoms with E-state index < -0.39 is 0 Å². The van der Waals surface area contributed by atoms with Crippen LogP contribution in [0, 0.1) is 31.0 Å². The molecule has 0 aliphatic heterocycles. The van der Waals surface area contributed by atoms with Gasteiger partial charge in [-0.15, -0.1) is 12.3 Å². The first kappa shape index (κ1) is 24.1. The summed E-state index contributed by atoms with van der Waals surface area (Å²) in [6.45, 7) is 11.3. The van der Waals surface area contributed by atoms with Crippen LogP contribution in [0.4, 0.5) is 4.39 Å². The minimum Gasteiger partial charge on any atom is -0.344 e. The highest BCUT2D eigenvalue weighted by Crippen LogP contribution is 2.43. The molecule has 0 saturated heterocycles. The predicted octanol–water partition coefficient (Wildman–Crippen LogP) is 8.46. The summed E-state index contributed by atoms with van der Waals surface area (Å²) in [4.78, 5) is 0. The van der Waals surface area contributed by atoms with Crippen LogP contribution in [0.25, 0.3) is 28.0 Å². The van der Waals surface area contributed by atoms with Gasteiger partial charge < -0.3 is 4.57 Å². The van der Waals surface area contributed by atoms with Crippen molar-refractivity contribution in [3.63, 3.8) is 0 Å². The van der Waals surface area contributed by atoms with Crippen molar-refractivity contribution in [1.82, 2.24) is 4.57 Å². The van der Waals surface area contributed by atoms with Crippen LogP contribution in [-0.4, -0.2) is 4.57 Å². The number of halogens is 1. The van der Waals surface area contributed by atoms with Crippen molar-refractivity contribution in [3.05, 3.63) is 103 Å². The van der Waals surface area contributed by atoms with Gasteiger partial charge in [0.05, 0.1) is 5.69 Å². The average Bonchev–Trinajstić information content (AvgIpc) is 3.11. The van der Waals surface area contributed by atoms with Crippen LogP contribution in [-0.2, 0) is 6.54 Å². The van der Waals surface area contributed by atoms with Crippen LogP contribution in [0.15, 0.2) is 85.5 Å². The van der Waals surface area contributed by atoms with Gasteiger partial charge in [-0.2, -0.15) is 0 Å². The summed E-state index contributed by atoms with van der Waals surface area (Å²) in [5.74, 6) is 2.96. The van der Waals surface area contributed by atoms with E-state index in [9.17, 15) is 4.39 Å². The Labute approximate surface area is 198 Å². The molecule has 2 aromatic carbocycles. The quantitative estimate of drug-likeness (QED) is 0.234. The maximum atomic E-state index is 13.8. The largest absolute Gasteiger partial charge is 0.344 e. The first-order valence-electron chi connectivity index (χ1n) is 11.5. The highest BCUT2D eigenvalue weighted by molar-refractivity contribution is 5.95. The second-order valence-electron chi connectivity index (χ2n) is 8.36. The molecule has 3 rings (SSSR count). The van der Waals surface area contributed by atoms with Gasteiger partial charge in [0.25, 0.3) is 0 Å². The van der Waals surface area contributed by atoms with Gasteiger partial charge in [-0.1, -0.05) is 68.1 Å². The first-order valence-corrected chi connectivity index (χ1v) is 11.5. The summed E-state index contributed by atoms with van der Waals surface area (Å²) in [6, 6.07) is 17.2. The number of benzene rings is 2. The normalized spacial score (nSPS) is 12.6. The molecule has 0 aliphatic rings. The maximum Gasteiger partial charge on any atom is 0.123 e. The molecule has 0 aliphatic carbocycles. The first-order chi connectivity index (χ1) is 16.0. The van der Waals surface area contributed by atoms with Crippen LogP contribution in [0.1, 0.15) is 37.9 Å². The molecule has 2 heteroatoms. The van der Waals surface area contributed by atoms with Crippen molar-refractivity contribution >= 4 is 5.57 Å². The van der Waals surface area contributed by atoms with Crippen molar-refractivity contribution in [3.8, 4) is 34.7 Å². The molecule has 0 N–H and O–H groups in total. The predicted molar refractivity (Wildman–Crippen MR) is 140 cm³/mol. The standard InChI is InChI=1S/C31H32FN/c1-6-9-14-25(8-3)29-24(5)33(22-21-23(4)13-7-2)31(27-17-19-28(32)20-18-27)30(29)26-15-11-10-12-16-26/h2,6,8-12,14-20,23H,3,13,21-22H2,1,4-5H3/b9-6-,25-14+. The Hall–Kier alpha value is -3.57. The second kappa shape index (κ2) is 11.3. The molecule has 1 heterocycles. The number of rotatable bonds is 9. The van der Waals surface area contributed by atoms with E-state index in [1.54, 1.807) is 0 Å². The second-order valence-corrected chi connectivity index (χ2v) is 8.36. The lowest BCUT2D eigenvalue weighted by Crippen LogP contribution is -2.07. The summed E-state index contributed by atoms with van der Waals surface area (Å²) in [5, 5.41) is 0. The van der Waals surface area contributed by atoms with E-state index in [-0.39, 0.29) is 5.82 Å². The van der Waals surface area contributed by atoms with Crippen molar-refractivity contribution in [2.24, 2.45) is 5.92 Å². The van der Waals surface area contributed by atoms with Crippen molar-refractivity contribution in [2.45, 2.75) is 40.2 Å². The zero-order valence-electron chi connectivity index (χ0n) is 19.8. The van der Waals surface area contributed by atoms with E-state index >= 15 is 0 Å². The van der Waals surface area contributed by atoms with Gasteiger partial charge in [-0.25, -0.2) is 4.39 Å². The molecular formula is C31H32FN. The molecule has 1 atom stereocenters. The highest BCUT2D eigenvalue weighted by Gasteiger charge is 2.24. The van der Waals surface area contributed by atoms with Crippen molar-refractivity contribution < 1.29 is 4.39 Å². The third kappa shape index (κ3) is 5.44. The monoisotopic (exact) mass is 437 g/mol. The van der Waals surface area contributed by atoms with E-state index in [0.717, 1.165) is 58.6 Å². The smallest absolute Gasteiger partial charge is 0.123 e. The summed E-state index contributed by atoms with van der Waals surface area (Å²) < 4.78 is 16.2. The van der Waals surface area contributed by atoms with Gasteiger partial charge in [-0.3, -0.25) is 0 Å². The molecule has 0 amide bonds. The number of hydrogen-bond donors (Lipinski definition) is 0. The van der Waals surface area contributed by atoms with E-state index in [2.05, 4.69) is 61.3 Å². The van der Waals surface area contributed by atoms with Crippen molar-refractivity contribution in [2.75, 3.05) is 0 Å². The van der Waals surface area contributed by atoms with E-state index in [1.165, 1.54) is 12.1 Å². The van der Waals surface area contributed by atoms with Gasteiger partial charge in [0, 0.05) is 29.8 Å². The molecule has 0 spiro atoms. The van der Waals surface area contributed by atoms with Gasteiger partial charge in [0.15, 0.2) is 0 Å². The molecule has 33 heavy (non-hydrogen) atoms. The zero-order valence-corrected chi connectivity index (χ0v) is 19.8. The van der Waals surface area contributed by atoms with E-state index in [4.69, 9.17) is 6.42 Å². The Morgan fingerprint density at radius 3 is 2.42 bits per heavy atom. The summed E-state index contributed by atoms with van der Waals surface area (Å²) >= 11 is 0. The number of nitrogens with zero attached hydrogens (tertiary/aromatic N) is 1. The molecule has 168 valence electrons. The van der Waals surface area contributed by atoms with E-state index in [0.29, 0.717) is 5.92 Å². The molecule has 3 aromatic rings. The molecule has 0 radical (unpaired) electrons. The number of hydrogen-bond acceptors (Lipinski definition) is 0. The highest BCUT2D eigenvalue weighted by atomic mass is 19.1. The Morgan fingerprint density at radius 2 is 1.82 bits per heavy atom. The van der Waals surface area contributed by atoms with Crippen LogP contribution >= 0.6 is 0 Å². The van der Waals surface area contributed by atoms with Crippen LogP contribution in [0.2, 0.25) is 0 Å². The third-order valence-corrected chi connectivity index (χ3v) is 5.99. The topological polar surface area (TPSA) is 4.93 Å². The molecular weight excluding hydrogens is 405 g/mol. The van der Waals surface area contributed by atoms with Gasteiger partial charge in [0.1, 0.15) is 5.82 Å². The Balaban J connectivity index is 2.35. The Bertz CT molecular complexity index is 1180. The lowest BCUT2D eigenvalue weighted by Gasteiger charge is -2.16. The maximum absolute atomic E-state index is 13.8. The van der Waals surface area contributed by atoms with Gasteiger partial charge >= 0.3 is 0 Å². The minimum absolute atomic E-state index is 0.238. The summed E-state index contributed by atoms with van der Waals surface area (Å²) in [5.41, 5.74) is 7.72. The van der Waals surface area contributed by atoms with Gasteiger partial charge in [-0.05, 0) is 67.2 Å². The fourth-order valence-corrected chi connectivity index (χ4v) is 4.27. The van der Waals surface area contributed by atoms with Crippen LogP contribution in [0.3, 0.4) is 0 Å². The molecule has 0 fully saturated rings. The number of aromatic nitrogens is 1. The minimum atomic E-state index is -0.238. The number of terminal acetylenes is 1. The number of allylic oxidation sites excluding steroid dienone is 5. The third-order valence-electron chi connectivity index (χ3n) is 5.99. The van der Waals surface area contributed by atoms with Gasteiger partial charge in [0.2, 0.25) is 0 Å².